The van der Waals surface area contributed by atoms with Crippen molar-refractivity contribution in [2.45, 2.75) is 50.8 Å². The summed E-state index contributed by atoms with van der Waals surface area (Å²) in [6.07, 6.45) is -5.51. The van der Waals surface area contributed by atoms with E-state index in [-0.39, 0.29) is 18.2 Å². The molecule has 1 N–H and O–H groups in total. The molecule has 154 valence electrons. The highest BCUT2D eigenvalue weighted by Gasteiger charge is 2.51. The van der Waals surface area contributed by atoms with Crippen molar-refractivity contribution in [3.8, 4) is 0 Å². The Labute approximate surface area is 161 Å². The molecule has 2 saturated heterocycles. The quantitative estimate of drug-likeness (QED) is 0.444. The number of ether oxygens (including phenoxy) is 5. The van der Waals surface area contributed by atoms with Crippen molar-refractivity contribution >= 4 is 11.7 Å². The van der Waals surface area contributed by atoms with Crippen molar-refractivity contribution < 1.29 is 38.5 Å². The summed E-state index contributed by atoms with van der Waals surface area (Å²) in [5, 5.41) is 21.3. The lowest BCUT2D eigenvalue weighted by Crippen LogP contribution is -2.63. The summed E-state index contributed by atoms with van der Waals surface area (Å²) in [6.45, 7) is 3.47. The summed E-state index contributed by atoms with van der Waals surface area (Å²) in [5.41, 5.74) is 0.502. The van der Waals surface area contributed by atoms with Gasteiger partial charge in [-0.25, -0.2) is 0 Å². The fourth-order valence-corrected chi connectivity index (χ4v) is 3.08. The fourth-order valence-electron chi connectivity index (χ4n) is 3.08. The minimum Gasteiger partial charge on any atom is -0.456 e. The number of hydrogen-bond donors (Lipinski definition) is 1. The van der Waals surface area contributed by atoms with E-state index in [0.29, 0.717) is 5.56 Å². The molecule has 6 atom stereocenters. The molecule has 1 aromatic rings. The smallest absolute Gasteiger partial charge is 0.308 e. The van der Waals surface area contributed by atoms with E-state index in [1.54, 1.807) is 13.8 Å². The van der Waals surface area contributed by atoms with Gasteiger partial charge in [0.1, 0.15) is 18.3 Å². The van der Waals surface area contributed by atoms with Crippen LogP contribution in [0.5, 0.6) is 0 Å². The number of nitro groups is 1. The zero-order valence-electron chi connectivity index (χ0n) is 15.7. The number of non-ortho nitro benzene ring substituents is 1. The van der Waals surface area contributed by atoms with Crippen LogP contribution in [0.15, 0.2) is 24.3 Å². The first-order chi connectivity index (χ1) is 13.3. The van der Waals surface area contributed by atoms with Gasteiger partial charge in [0.05, 0.1) is 17.4 Å². The third-order valence-electron chi connectivity index (χ3n) is 4.64. The third kappa shape index (κ3) is 4.15. The molecular formula is C18H23NO9. The second-order valence-corrected chi connectivity index (χ2v) is 6.94. The Kier molecular flexibility index (Phi) is 6.26. The van der Waals surface area contributed by atoms with E-state index in [1.165, 1.54) is 31.4 Å². The maximum Gasteiger partial charge on any atom is 0.308 e. The summed E-state index contributed by atoms with van der Waals surface area (Å²) in [7, 11) is 1.37. The largest absolute Gasteiger partial charge is 0.456 e. The molecule has 2 aliphatic rings. The number of rotatable bonds is 5. The topological polar surface area (TPSA) is 127 Å². The number of fused-ring (bicyclic) bond motifs is 1. The Morgan fingerprint density at radius 2 is 1.96 bits per heavy atom. The maximum atomic E-state index is 12.1. The predicted molar refractivity (Wildman–Crippen MR) is 93.1 cm³/mol. The number of aliphatic hydroxyl groups excluding tert-OH is 1. The number of nitro benzene ring substituents is 1. The van der Waals surface area contributed by atoms with E-state index in [9.17, 15) is 20.0 Å². The van der Waals surface area contributed by atoms with Crippen LogP contribution in [0.2, 0.25) is 0 Å². The number of hydrogen-bond acceptors (Lipinski definition) is 9. The van der Waals surface area contributed by atoms with Gasteiger partial charge in [-0.2, -0.15) is 0 Å². The van der Waals surface area contributed by atoms with Crippen LogP contribution in [-0.2, 0) is 28.5 Å². The van der Waals surface area contributed by atoms with Crippen LogP contribution < -0.4 is 0 Å². The summed E-state index contributed by atoms with van der Waals surface area (Å²) in [4.78, 5) is 22.4. The number of methoxy groups -OCH3 is 1. The minimum atomic E-state index is -1.25. The van der Waals surface area contributed by atoms with Gasteiger partial charge in [0, 0.05) is 24.8 Å². The Bertz CT molecular complexity index is 708. The number of carbonyl (C=O) groups excluding carboxylic acids is 1. The third-order valence-corrected chi connectivity index (χ3v) is 4.64. The Balaban J connectivity index is 1.80. The first-order valence-corrected chi connectivity index (χ1v) is 8.90. The molecule has 10 heteroatoms. The molecule has 0 amide bonds. The number of carbonyl (C=O) groups is 1. The van der Waals surface area contributed by atoms with Crippen molar-refractivity contribution in [3.63, 3.8) is 0 Å². The maximum absolute atomic E-state index is 12.1. The molecule has 2 fully saturated rings. The summed E-state index contributed by atoms with van der Waals surface area (Å²) in [5.74, 6) is -0.874. The molecule has 0 aliphatic carbocycles. The lowest BCUT2D eigenvalue weighted by molar-refractivity contribution is -0.385. The van der Waals surface area contributed by atoms with E-state index in [1.807, 2.05) is 0 Å². The van der Waals surface area contributed by atoms with Crippen LogP contribution in [0.3, 0.4) is 0 Å². The van der Waals surface area contributed by atoms with Gasteiger partial charge in [-0.3, -0.25) is 14.9 Å². The Hall–Kier alpha value is -2.11. The molecule has 3 rings (SSSR count). The van der Waals surface area contributed by atoms with Gasteiger partial charge in [-0.15, -0.1) is 0 Å². The molecule has 1 aromatic carbocycles. The molecule has 0 unspecified atom stereocenters. The van der Waals surface area contributed by atoms with Crippen molar-refractivity contribution in [3.05, 3.63) is 39.9 Å². The zero-order chi connectivity index (χ0) is 20.4. The Morgan fingerprint density at radius 1 is 1.29 bits per heavy atom. The van der Waals surface area contributed by atoms with Crippen molar-refractivity contribution in [1.82, 2.24) is 0 Å². The first kappa shape index (κ1) is 20.6. The van der Waals surface area contributed by atoms with Crippen LogP contribution in [0.25, 0.3) is 0 Å². The summed E-state index contributed by atoms with van der Waals surface area (Å²) >= 11 is 0. The van der Waals surface area contributed by atoms with Gasteiger partial charge in [0.2, 0.25) is 0 Å². The molecule has 0 bridgehead atoms. The molecule has 0 saturated carbocycles. The highest BCUT2D eigenvalue weighted by atomic mass is 16.8. The van der Waals surface area contributed by atoms with E-state index in [2.05, 4.69) is 0 Å². The molecule has 2 heterocycles. The minimum absolute atomic E-state index is 0.0551. The first-order valence-electron chi connectivity index (χ1n) is 8.90. The van der Waals surface area contributed by atoms with Gasteiger partial charge in [0.25, 0.3) is 5.69 Å². The molecule has 0 aromatic heterocycles. The highest BCUT2D eigenvalue weighted by Crippen LogP contribution is 2.36. The Morgan fingerprint density at radius 3 is 2.54 bits per heavy atom. The average Bonchev–Trinajstić information content (AvgIpc) is 2.69. The van der Waals surface area contributed by atoms with Gasteiger partial charge >= 0.3 is 5.97 Å². The van der Waals surface area contributed by atoms with Crippen LogP contribution in [0, 0.1) is 16.0 Å². The monoisotopic (exact) mass is 397 g/mol. The second kappa shape index (κ2) is 8.50. The second-order valence-electron chi connectivity index (χ2n) is 6.94. The molecular weight excluding hydrogens is 374 g/mol. The summed E-state index contributed by atoms with van der Waals surface area (Å²) in [6, 6.07) is 5.74. The molecule has 2 aliphatic heterocycles. The van der Waals surface area contributed by atoms with Gasteiger partial charge in [-0.05, 0) is 12.1 Å². The summed E-state index contributed by atoms with van der Waals surface area (Å²) < 4.78 is 27.9. The predicted octanol–water partition coefficient (Wildman–Crippen LogP) is 1.31. The lowest BCUT2D eigenvalue weighted by atomic mass is 9.97. The number of benzene rings is 1. The fraction of sp³-hybridized carbons (Fsp3) is 0.611. The zero-order valence-corrected chi connectivity index (χ0v) is 15.7. The van der Waals surface area contributed by atoms with E-state index < -0.39 is 47.9 Å². The molecule has 28 heavy (non-hydrogen) atoms. The normalized spacial score (nSPS) is 32.6. The molecule has 10 nitrogen and oxygen atoms in total. The van der Waals surface area contributed by atoms with Gasteiger partial charge in [-0.1, -0.05) is 13.8 Å². The van der Waals surface area contributed by atoms with Gasteiger partial charge in [0.15, 0.2) is 18.7 Å². The van der Waals surface area contributed by atoms with Crippen molar-refractivity contribution in [2.75, 3.05) is 13.7 Å². The number of esters is 1. The molecule has 0 spiro atoms. The van der Waals surface area contributed by atoms with Crippen LogP contribution in [-0.4, -0.2) is 60.4 Å². The van der Waals surface area contributed by atoms with Crippen LogP contribution in [0.4, 0.5) is 5.69 Å². The van der Waals surface area contributed by atoms with E-state index in [4.69, 9.17) is 23.7 Å². The number of nitrogens with zero attached hydrogens (tertiary/aromatic N) is 1. The SMILES string of the molecule is CO[C@H]1O[C@@H]2CO[C@@H](c3ccc([N+](=O)[O-])cc3)O[C@H]2[C@H](OC(=O)C(C)C)[C@H]1O. The van der Waals surface area contributed by atoms with Crippen molar-refractivity contribution in [1.29, 1.82) is 0 Å². The van der Waals surface area contributed by atoms with Crippen LogP contribution >= 0.6 is 0 Å². The van der Waals surface area contributed by atoms with E-state index in [0.717, 1.165) is 0 Å². The van der Waals surface area contributed by atoms with Crippen molar-refractivity contribution in [2.24, 2.45) is 5.92 Å². The lowest BCUT2D eigenvalue weighted by Gasteiger charge is -2.47. The van der Waals surface area contributed by atoms with E-state index >= 15 is 0 Å². The average molecular weight is 397 g/mol. The van der Waals surface area contributed by atoms with Gasteiger partial charge < -0.3 is 28.8 Å². The van der Waals surface area contributed by atoms with Crippen LogP contribution in [0.1, 0.15) is 25.7 Å². The highest BCUT2D eigenvalue weighted by molar-refractivity contribution is 5.71. The molecule has 0 radical (unpaired) electrons. The number of aliphatic hydroxyl groups is 1. The standard InChI is InChI=1S/C18H23NO9/c1-9(2)16(21)27-15-13(20)18(24-3)26-12-8-25-17(28-14(12)15)10-4-6-11(7-5-10)19(22)23/h4-7,9,12-15,17-18,20H,8H2,1-3H3/t12-,13-,14-,15-,17-,18+/m1/s1.